The van der Waals surface area contributed by atoms with E-state index in [0.29, 0.717) is 46.3 Å². The third kappa shape index (κ3) is 5.59. The Morgan fingerprint density at radius 1 is 1.09 bits per heavy atom. The summed E-state index contributed by atoms with van der Waals surface area (Å²) in [6.07, 6.45) is 1.68. The molecule has 0 spiro atoms. The normalized spacial score (nSPS) is 21.5. The molecular formula is C33H31ClF3N7O3. The molecule has 2 atom stereocenters. The molecule has 2 unspecified atom stereocenters. The molecule has 8 rings (SSSR count). The average Bonchev–Trinajstić information content (AvgIpc) is 3.74. The number of likely N-dealkylation sites (tertiary alicyclic amines) is 1. The first-order valence-corrected chi connectivity index (χ1v) is 16.0. The zero-order valence-corrected chi connectivity index (χ0v) is 26.2. The molecule has 5 aromatic rings. The van der Waals surface area contributed by atoms with Crippen LogP contribution in [0.4, 0.5) is 13.2 Å². The highest BCUT2D eigenvalue weighted by atomic mass is 35.5. The molecule has 0 radical (unpaired) electrons. The van der Waals surface area contributed by atoms with E-state index in [9.17, 15) is 13.2 Å². The van der Waals surface area contributed by atoms with Crippen LogP contribution in [0.2, 0.25) is 5.02 Å². The van der Waals surface area contributed by atoms with Crippen molar-refractivity contribution in [1.29, 1.82) is 0 Å². The number of hydrogen-bond donors (Lipinski definition) is 1. The predicted molar refractivity (Wildman–Crippen MR) is 166 cm³/mol. The molecule has 14 heteroatoms. The maximum absolute atomic E-state index is 14.9. The molecule has 6 heterocycles. The summed E-state index contributed by atoms with van der Waals surface area (Å²) in [6.45, 7) is 5.35. The molecule has 10 nitrogen and oxygen atoms in total. The SMILES string of the molecule is CC1(c2ccc(Cl)cc2F)Oc2cccc(C3CCN(Cc4nc5cc(-c6n[nH]c(C(F)F)n6)cnc5n4CC4CCO4)CC3)c2O1. The molecule has 0 aliphatic carbocycles. The summed E-state index contributed by atoms with van der Waals surface area (Å²) in [6, 6.07) is 12.1. The number of alkyl halides is 2. The molecule has 47 heavy (non-hydrogen) atoms. The van der Waals surface area contributed by atoms with Gasteiger partial charge >= 0.3 is 0 Å². The van der Waals surface area contributed by atoms with Crippen molar-refractivity contribution in [2.45, 2.75) is 63.5 Å². The Balaban J connectivity index is 0.997. The zero-order chi connectivity index (χ0) is 32.3. The van der Waals surface area contributed by atoms with Gasteiger partial charge in [-0.2, -0.15) is 5.10 Å². The molecule has 3 aliphatic heterocycles. The van der Waals surface area contributed by atoms with Gasteiger partial charge in [0.1, 0.15) is 17.2 Å². The number of imidazole rings is 1. The fraction of sp³-hybridized carbons (Fsp3) is 0.394. The van der Waals surface area contributed by atoms with Crippen molar-refractivity contribution in [1.82, 2.24) is 34.6 Å². The number of para-hydroxylation sites is 1. The zero-order valence-electron chi connectivity index (χ0n) is 25.4. The monoisotopic (exact) mass is 665 g/mol. The molecule has 0 amide bonds. The number of halogens is 4. The van der Waals surface area contributed by atoms with Gasteiger partial charge in [0.2, 0.25) is 0 Å². The summed E-state index contributed by atoms with van der Waals surface area (Å²) >= 11 is 5.98. The number of nitrogens with one attached hydrogen (secondary N) is 1. The minimum Gasteiger partial charge on any atom is -0.444 e. The number of fused-ring (bicyclic) bond motifs is 2. The smallest absolute Gasteiger partial charge is 0.296 e. The molecule has 1 N–H and O–H groups in total. The Morgan fingerprint density at radius 3 is 2.64 bits per heavy atom. The highest BCUT2D eigenvalue weighted by Gasteiger charge is 2.43. The minimum atomic E-state index is -2.74. The van der Waals surface area contributed by atoms with Crippen LogP contribution in [-0.4, -0.2) is 60.4 Å². The number of hydrogen-bond acceptors (Lipinski definition) is 8. The van der Waals surface area contributed by atoms with Crippen molar-refractivity contribution in [3.8, 4) is 22.9 Å². The van der Waals surface area contributed by atoms with Crippen LogP contribution in [0.15, 0.2) is 48.7 Å². The second-order valence-corrected chi connectivity index (χ2v) is 12.8. The first kappa shape index (κ1) is 30.2. The molecule has 2 aromatic carbocycles. The lowest BCUT2D eigenvalue weighted by Crippen LogP contribution is -2.35. The molecule has 3 aliphatic rings. The molecule has 2 saturated heterocycles. The number of rotatable bonds is 8. The maximum atomic E-state index is 14.9. The lowest BCUT2D eigenvalue weighted by atomic mass is 9.88. The maximum Gasteiger partial charge on any atom is 0.296 e. The predicted octanol–water partition coefficient (Wildman–Crippen LogP) is 6.76. The highest BCUT2D eigenvalue weighted by Crippen LogP contribution is 2.50. The van der Waals surface area contributed by atoms with E-state index in [1.54, 1.807) is 31.3 Å². The van der Waals surface area contributed by atoms with Gasteiger partial charge in [-0.25, -0.2) is 28.1 Å². The van der Waals surface area contributed by atoms with Gasteiger partial charge in [-0.15, -0.1) is 0 Å². The van der Waals surface area contributed by atoms with Crippen molar-refractivity contribution in [2.75, 3.05) is 19.7 Å². The van der Waals surface area contributed by atoms with Crippen LogP contribution in [0.5, 0.6) is 11.5 Å². The lowest BCUT2D eigenvalue weighted by Gasteiger charge is -2.33. The third-order valence-electron chi connectivity index (χ3n) is 9.23. The second-order valence-electron chi connectivity index (χ2n) is 12.3. The van der Waals surface area contributed by atoms with Crippen LogP contribution in [-0.2, 0) is 23.6 Å². The standard InChI is InChI=1S/C33H31ClF3N7O3/c1-33(23-6-5-20(34)14-24(23)35)46-26-4-2-3-22(28(26)47-33)18-7-10-43(11-8-18)17-27-39-25-13-19(30-40-31(29(36)37)42-41-30)15-38-32(25)44(27)16-21-9-12-45-21/h2-6,13-15,18,21,29H,7-12,16-17H2,1H3,(H,40,41,42). The fourth-order valence-corrected chi connectivity index (χ4v) is 6.82. The summed E-state index contributed by atoms with van der Waals surface area (Å²) in [4.78, 5) is 15.9. The van der Waals surface area contributed by atoms with E-state index in [-0.39, 0.29) is 23.4 Å². The number of benzene rings is 2. The Morgan fingerprint density at radius 2 is 1.91 bits per heavy atom. The van der Waals surface area contributed by atoms with E-state index in [0.717, 1.165) is 50.3 Å². The number of nitrogens with zero attached hydrogens (tertiary/aromatic N) is 6. The van der Waals surface area contributed by atoms with Gasteiger partial charge in [-0.05, 0) is 68.6 Å². The van der Waals surface area contributed by atoms with E-state index in [1.807, 2.05) is 12.1 Å². The third-order valence-corrected chi connectivity index (χ3v) is 9.47. The fourth-order valence-electron chi connectivity index (χ4n) is 6.66. The van der Waals surface area contributed by atoms with Gasteiger partial charge in [0.25, 0.3) is 12.2 Å². The van der Waals surface area contributed by atoms with Gasteiger partial charge in [0.15, 0.2) is 28.8 Å². The number of aromatic nitrogens is 6. The first-order chi connectivity index (χ1) is 22.7. The number of aromatic amines is 1. The van der Waals surface area contributed by atoms with E-state index in [2.05, 4.69) is 35.7 Å². The van der Waals surface area contributed by atoms with Gasteiger partial charge in [0, 0.05) is 35.9 Å². The van der Waals surface area contributed by atoms with Gasteiger partial charge in [-0.3, -0.25) is 10.00 Å². The van der Waals surface area contributed by atoms with Crippen molar-refractivity contribution >= 4 is 22.8 Å². The highest BCUT2D eigenvalue weighted by molar-refractivity contribution is 6.30. The van der Waals surface area contributed by atoms with Crippen LogP contribution in [0, 0.1) is 5.82 Å². The average molecular weight is 666 g/mol. The second kappa shape index (κ2) is 11.8. The summed E-state index contributed by atoms with van der Waals surface area (Å²) < 4.78 is 61.4. The van der Waals surface area contributed by atoms with Crippen LogP contribution in [0.3, 0.4) is 0 Å². The summed E-state index contributed by atoms with van der Waals surface area (Å²) in [5, 5.41) is 6.53. The van der Waals surface area contributed by atoms with Crippen LogP contribution in [0.1, 0.15) is 61.3 Å². The molecule has 0 bridgehead atoms. The molecular weight excluding hydrogens is 635 g/mol. The lowest BCUT2D eigenvalue weighted by molar-refractivity contribution is -0.0712. The van der Waals surface area contributed by atoms with Crippen molar-refractivity contribution in [2.24, 2.45) is 0 Å². The van der Waals surface area contributed by atoms with Gasteiger partial charge < -0.3 is 18.8 Å². The number of pyridine rings is 1. The van der Waals surface area contributed by atoms with Crippen molar-refractivity contribution in [3.63, 3.8) is 0 Å². The van der Waals surface area contributed by atoms with E-state index < -0.39 is 23.9 Å². The Bertz CT molecular complexity index is 1960. The van der Waals surface area contributed by atoms with E-state index in [4.69, 9.17) is 30.8 Å². The molecule has 244 valence electrons. The van der Waals surface area contributed by atoms with Crippen LogP contribution >= 0.6 is 11.6 Å². The number of ether oxygens (including phenoxy) is 3. The quantitative estimate of drug-likeness (QED) is 0.194. The van der Waals surface area contributed by atoms with Crippen LogP contribution < -0.4 is 9.47 Å². The molecule has 0 saturated carbocycles. The number of piperidine rings is 1. The van der Waals surface area contributed by atoms with Gasteiger partial charge in [-0.1, -0.05) is 23.7 Å². The number of H-pyrrole nitrogens is 1. The first-order valence-electron chi connectivity index (χ1n) is 15.6. The summed E-state index contributed by atoms with van der Waals surface area (Å²) in [7, 11) is 0. The minimum absolute atomic E-state index is 0.0920. The van der Waals surface area contributed by atoms with Gasteiger partial charge in [0.05, 0.1) is 24.8 Å². The largest absolute Gasteiger partial charge is 0.444 e. The van der Waals surface area contributed by atoms with E-state index >= 15 is 0 Å². The molecule has 2 fully saturated rings. The van der Waals surface area contributed by atoms with Crippen LogP contribution in [0.25, 0.3) is 22.6 Å². The van der Waals surface area contributed by atoms with Crippen molar-refractivity contribution < 1.29 is 27.4 Å². The Kier molecular flexibility index (Phi) is 7.57. The van der Waals surface area contributed by atoms with E-state index in [1.165, 1.54) is 6.07 Å². The Labute approximate surface area is 272 Å². The Hall–Kier alpha value is -4.20. The summed E-state index contributed by atoms with van der Waals surface area (Å²) in [5.41, 5.74) is 3.19. The topological polar surface area (TPSA) is 103 Å². The molecule has 3 aromatic heterocycles. The summed E-state index contributed by atoms with van der Waals surface area (Å²) in [5.74, 6) is 0.214. The van der Waals surface area contributed by atoms with Crippen molar-refractivity contribution in [3.05, 3.63) is 82.3 Å².